The van der Waals surface area contributed by atoms with Gasteiger partial charge in [-0.3, -0.25) is 0 Å². The van der Waals surface area contributed by atoms with Gasteiger partial charge in [-0.05, 0) is 43.9 Å². The van der Waals surface area contributed by atoms with Crippen LogP contribution >= 0.6 is 0 Å². The largest absolute Gasteiger partial charge is 0.333 e. The maximum absolute atomic E-state index is 4.50. The number of hydrogen-bond acceptors (Lipinski definition) is 1. The van der Waals surface area contributed by atoms with E-state index in [-0.39, 0.29) is 0 Å². The van der Waals surface area contributed by atoms with Crippen molar-refractivity contribution < 1.29 is 0 Å². The molecule has 2 rings (SSSR count). The molecular weight excluding hydrogens is 158 g/mol. The van der Waals surface area contributed by atoms with Gasteiger partial charge in [-0.1, -0.05) is 24.3 Å². The van der Waals surface area contributed by atoms with E-state index in [1.807, 2.05) is 0 Å². The van der Waals surface area contributed by atoms with Crippen molar-refractivity contribution in [2.24, 2.45) is 17.6 Å². The monoisotopic (exact) mass is 175 g/mol. The molecule has 70 valence electrons. The molecule has 0 amide bonds. The van der Waals surface area contributed by atoms with Crippen LogP contribution in [0.2, 0.25) is 0 Å². The molecule has 2 aliphatic carbocycles. The van der Waals surface area contributed by atoms with Crippen molar-refractivity contribution in [1.29, 1.82) is 0 Å². The Kier molecular flexibility index (Phi) is 4.31. The number of rotatable bonds is 1. The van der Waals surface area contributed by atoms with E-state index in [1.54, 1.807) is 0 Å². The zero-order valence-corrected chi connectivity index (χ0v) is 8.11. The van der Waals surface area contributed by atoms with E-state index in [9.17, 15) is 0 Å². The van der Waals surface area contributed by atoms with E-state index in [1.165, 1.54) is 19.9 Å². The number of allylic oxidation sites excluding steroid dienone is 5. The molecule has 2 N–H and O–H groups in total. The van der Waals surface area contributed by atoms with Crippen molar-refractivity contribution in [2.75, 3.05) is 7.05 Å². The Morgan fingerprint density at radius 2 is 2.00 bits per heavy atom. The summed E-state index contributed by atoms with van der Waals surface area (Å²) in [6.45, 7) is 0. The molecule has 0 aliphatic heterocycles. The third-order valence-corrected chi connectivity index (χ3v) is 2.38. The van der Waals surface area contributed by atoms with Crippen molar-refractivity contribution in [3.05, 3.63) is 42.2 Å². The van der Waals surface area contributed by atoms with Crippen LogP contribution < -0.4 is 5.73 Å². The minimum atomic E-state index is 0.719. The number of hydrogen-bond donors (Lipinski definition) is 1. The standard InChI is InChI=1S/C11H12.CH5N/c1-2-6-10(7-3-1)11-8-4-5-9-11;1-2/h1-4,6,9-11H,7-8H2;2H2,1H3/t10-,11?;/m1./s1. The molecule has 0 aromatic rings. The lowest BCUT2D eigenvalue weighted by molar-refractivity contribution is 0.489. The van der Waals surface area contributed by atoms with Crippen LogP contribution in [0.5, 0.6) is 0 Å². The first-order chi connectivity index (χ1) is 6.47. The molecule has 2 atom stereocenters. The summed E-state index contributed by atoms with van der Waals surface area (Å²) in [5.74, 6) is 1.45. The topological polar surface area (TPSA) is 26.0 Å². The van der Waals surface area contributed by atoms with E-state index in [2.05, 4.69) is 47.9 Å². The van der Waals surface area contributed by atoms with Crippen LogP contribution in [0.1, 0.15) is 12.8 Å². The summed E-state index contributed by atoms with van der Waals surface area (Å²) >= 11 is 0. The fraction of sp³-hybridized carbons (Fsp3) is 0.417. The predicted molar refractivity (Wildman–Crippen MR) is 57.3 cm³/mol. The Morgan fingerprint density at radius 1 is 1.15 bits per heavy atom. The second-order valence-electron chi connectivity index (χ2n) is 3.15. The van der Waals surface area contributed by atoms with Crippen molar-refractivity contribution in [2.45, 2.75) is 12.8 Å². The predicted octanol–water partition coefficient (Wildman–Crippen LogP) is 2.42. The summed E-state index contributed by atoms with van der Waals surface area (Å²) in [5.41, 5.74) is 7.66. The van der Waals surface area contributed by atoms with Crippen molar-refractivity contribution >= 4 is 0 Å². The van der Waals surface area contributed by atoms with Gasteiger partial charge in [-0.25, -0.2) is 0 Å². The Bertz CT molecular complexity index is 254. The fourth-order valence-corrected chi connectivity index (χ4v) is 1.68. The maximum atomic E-state index is 4.50. The quantitative estimate of drug-likeness (QED) is 0.608. The lowest BCUT2D eigenvalue weighted by Gasteiger charge is -2.17. The molecular formula is C12H17N. The molecule has 13 heavy (non-hydrogen) atoms. The average Bonchev–Trinajstić information content (AvgIpc) is 2.75. The Hall–Kier alpha value is -1.04. The Morgan fingerprint density at radius 3 is 2.54 bits per heavy atom. The van der Waals surface area contributed by atoms with E-state index >= 15 is 0 Å². The lowest BCUT2D eigenvalue weighted by Crippen LogP contribution is -2.08. The summed E-state index contributed by atoms with van der Waals surface area (Å²) in [7, 11) is 1.50. The minimum absolute atomic E-state index is 0.719. The SMILES string of the molecule is C1=CCC([C@@H]2C=CC=CC2)C=1.CN. The van der Waals surface area contributed by atoms with Gasteiger partial charge in [-0.2, -0.15) is 0 Å². The molecule has 0 aromatic heterocycles. The second kappa shape index (κ2) is 5.58. The maximum Gasteiger partial charge on any atom is -0.00509 e. The van der Waals surface area contributed by atoms with E-state index in [0.29, 0.717) is 0 Å². The smallest absolute Gasteiger partial charge is 0.00509 e. The van der Waals surface area contributed by atoms with E-state index in [4.69, 9.17) is 0 Å². The molecule has 1 nitrogen and oxygen atoms in total. The first kappa shape index (κ1) is 10.0. The zero-order valence-electron chi connectivity index (χ0n) is 8.11. The highest BCUT2D eigenvalue weighted by Gasteiger charge is 2.16. The molecule has 1 heteroatoms. The van der Waals surface area contributed by atoms with Gasteiger partial charge < -0.3 is 5.73 Å². The first-order valence-electron chi connectivity index (χ1n) is 4.79. The molecule has 1 unspecified atom stereocenters. The van der Waals surface area contributed by atoms with Gasteiger partial charge in [0.1, 0.15) is 0 Å². The van der Waals surface area contributed by atoms with Crippen LogP contribution in [0.3, 0.4) is 0 Å². The zero-order chi connectivity index (χ0) is 9.52. The fourth-order valence-electron chi connectivity index (χ4n) is 1.68. The van der Waals surface area contributed by atoms with Crippen molar-refractivity contribution in [3.8, 4) is 0 Å². The highest BCUT2D eigenvalue weighted by molar-refractivity contribution is 5.15. The number of nitrogens with two attached hydrogens (primary N) is 1. The molecule has 0 spiro atoms. The molecule has 0 aromatic carbocycles. The molecule has 0 heterocycles. The molecule has 0 saturated heterocycles. The summed E-state index contributed by atoms with van der Waals surface area (Å²) in [6, 6.07) is 0. The van der Waals surface area contributed by atoms with Gasteiger partial charge in [-0.15, -0.1) is 5.73 Å². The first-order valence-corrected chi connectivity index (χ1v) is 4.79. The molecule has 2 aliphatic rings. The normalized spacial score (nSPS) is 28.8. The highest BCUT2D eigenvalue weighted by Crippen LogP contribution is 2.27. The average molecular weight is 175 g/mol. The second-order valence-corrected chi connectivity index (χ2v) is 3.15. The summed E-state index contributed by atoms with van der Waals surface area (Å²) in [6.07, 6.45) is 15.6. The van der Waals surface area contributed by atoms with E-state index in [0.717, 1.165) is 11.8 Å². The van der Waals surface area contributed by atoms with Gasteiger partial charge >= 0.3 is 0 Å². The Balaban J connectivity index is 0.000000396. The van der Waals surface area contributed by atoms with Crippen LogP contribution in [0.15, 0.2) is 42.2 Å². The van der Waals surface area contributed by atoms with Crippen molar-refractivity contribution in [3.63, 3.8) is 0 Å². The Labute approximate surface area is 80.3 Å². The lowest BCUT2D eigenvalue weighted by atomic mass is 9.86. The van der Waals surface area contributed by atoms with Crippen LogP contribution in [0.25, 0.3) is 0 Å². The highest BCUT2D eigenvalue weighted by atomic mass is 14.4. The molecule has 0 bridgehead atoms. The van der Waals surface area contributed by atoms with Crippen LogP contribution in [0.4, 0.5) is 0 Å². The van der Waals surface area contributed by atoms with E-state index < -0.39 is 0 Å². The van der Waals surface area contributed by atoms with Crippen LogP contribution in [-0.4, -0.2) is 7.05 Å². The van der Waals surface area contributed by atoms with Gasteiger partial charge in [0.05, 0.1) is 0 Å². The summed E-state index contributed by atoms with van der Waals surface area (Å²) in [4.78, 5) is 0. The van der Waals surface area contributed by atoms with Crippen LogP contribution in [-0.2, 0) is 0 Å². The third kappa shape index (κ3) is 2.73. The molecule has 0 fully saturated rings. The summed E-state index contributed by atoms with van der Waals surface area (Å²) < 4.78 is 0. The van der Waals surface area contributed by atoms with Crippen LogP contribution in [0, 0.1) is 11.8 Å². The minimum Gasteiger partial charge on any atom is -0.333 e. The van der Waals surface area contributed by atoms with Gasteiger partial charge in [0, 0.05) is 0 Å². The third-order valence-electron chi connectivity index (χ3n) is 2.38. The van der Waals surface area contributed by atoms with Crippen molar-refractivity contribution in [1.82, 2.24) is 0 Å². The molecule has 0 radical (unpaired) electrons. The van der Waals surface area contributed by atoms with Gasteiger partial charge in [0.15, 0.2) is 0 Å². The van der Waals surface area contributed by atoms with Gasteiger partial charge in [0.25, 0.3) is 0 Å². The molecule has 0 saturated carbocycles. The van der Waals surface area contributed by atoms with Gasteiger partial charge in [0.2, 0.25) is 0 Å². The summed E-state index contributed by atoms with van der Waals surface area (Å²) in [5, 5.41) is 0.